The fourth-order valence-corrected chi connectivity index (χ4v) is 1.47. The smallest absolute Gasteiger partial charge is 0.269 e. The third-order valence-corrected chi connectivity index (χ3v) is 2.08. The lowest BCUT2D eigenvalue weighted by atomic mass is 10.1. The summed E-state index contributed by atoms with van der Waals surface area (Å²) in [6.45, 7) is 4.13. The van der Waals surface area contributed by atoms with Crippen molar-refractivity contribution in [2.45, 2.75) is 33.1 Å². The van der Waals surface area contributed by atoms with Gasteiger partial charge in [-0.15, -0.1) is 0 Å². The van der Waals surface area contributed by atoms with Gasteiger partial charge in [0, 0.05) is 18.3 Å². The minimum atomic E-state index is 0.126. The maximum Gasteiger partial charge on any atom is 0.269 e. The zero-order valence-corrected chi connectivity index (χ0v) is 7.98. The number of rotatable bonds is 3. The maximum atomic E-state index is 11.4. The highest BCUT2D eigenvalue weighted by Crippen LogP contribution is 2.04. The molecular formula is C9H16N2O. The minimum Gasteiger partial charge on any atom is -0.300 e. The predicted octanol–water partition coefficient (Wildman–Crippen LogP) is 1.23. The van der Waals surface area contributed by atoms with Gasteiger partial charge in [-0.1, -0.05) is 20.3 Å². The Hall–Kier alpha value is -0.990. The predicted molar refractivity (Wildman–Crippen MR) is 49.4 cm³/mol. The molecule has 0 atom stereocenters. The van der Waals surface area contributed by atoms with Crippen molar-refractivity contribution in [3.05, 3.63) is 21.6 Å². The maximum absolute atomic E-state index is 11.4. The van der Waals surface area contributed by atoms with Crippen molar-refractivity contribution in [1.29, 1.82) is 0 Å². The molecule has 0 saturated carbocycles. The second-order valence-electron chi connectivity index (χ2n) is 3.04. The highest BCUT2D eigenvalue weighted by atomic mass is 16.1. The zero-order valence-electron chi connectivity index (χ0n) is 7.98. The molecule has 0 aromatic carbocycles. The minimum absolute atomic E-state index is 0.126. The Morgan fingerprint density at radius 2 is 2.08 bits per heavy atom. The molecule has 1 heterocycles. The van der Waals surface area contributed by atoms with Crippen molar-refractivity contribution in [3.8, 4) is 0 Å². The van der Waals surface area contributed by atoms with Crippen LogP contribution in [0.1, 0.15) is 31.5 Å². The molecular weight excluding hydrogens is 152 g/mol. The van der Waals surface area contributed by atoms with Crippen LogP contribution in [0.3, 0.4) is 0 Å². The Bertz CT molecular complexity index is 309. The second kappa shape index (κ2) is 3.61. The molecule has 0 radical (unpaired) electrons. The van der Waals surface area contributed by atoms with Crippen molar-refractivity contribution in [1.82, 2.24) is 9.78 Å². The SMILES string of the molecule is CCCc1[nH]n(C)c(=O)c1CC. The Labute approximate surface area is 72.4 Å². The van der Waals surface area contributed by atoms with E-state index in [9.17, 15) is 4.79 Å². The van der Waals surface area contributed by atoms with Crippen LogP contribution in [-0.2, 0) is 19.9 Å². The number of hydrogen-bond acceptors (Lipinski definition) is 1. The van der Waals surface area contributed by atoms with Crippen molar-refractivity contribution in [2.75, 3.05) is 0 Å². The molecule has 0 amide bonds. The molecule has 1 aromatic rings. The summed E-state index contributed by atoms with van der Waals surface area (Å²) in [5, 5.41) is 3.07. The van der Waals surface area contributed by atoms with Gasteiger partial charge in [-0.25, -0.2) is 0 Å². The molecule has 1 rings (SSSR count). The normalized spacial score (nSPS) is 10.6. The fourth-order valence-electron chi connectivity index (χ4n) is 1.47. The van der Waals surface area contributed by atoms with E-state index in [0.717, 1.165) is 30.5 Å². The number of nitrogens with zero attached hydrogens (tertiary/aromatic N) is 1. The highest BCUT2D eigenvalue weighted by Gasteiger charge is 2.08. The van der Waals surface area contributed by atoms with E-state index in [2.05, 4.69) is 12.0 Å². The molecule has 3 heteroatoms. The first-order valence-electron chi connectivity index (χ1n) is 4.47. The first-order chi connectivity index (χ1) is 5.70. The van der Waals surface area contributed by atoms with Crippen LogP contribution in [-0.4, -0.2) is 9.78 Å². The van der Waals surface area contributed by atoms with Crippen LogP contribution in [0.2, 0.25) is 0 Å². The van der Waals surface area contributed by atoms with Crippen LogP contribution < -0.4 is 5.56 Å². The summed E-state index contributed by atoms with van der Waals surface area (Å²) in [6.07, 6.45) is 2.87. The van der Waals surface area contributed by atoms with Gasteiger partial charge in [0.05, 0.1) is 0 Å². The summed E-state index contributed by atoms with van der Waals surface area (Å²) in [4.78, 5) is 11.4. The monoisotopic (exact) mass is 168 g/mol. The molecule has 3 nitrogen and oxygen atoms in total. The van der Waals surface area contributed by atoms with Crippen molar-refractivity contribution in [3.63, 3.8) is 0 Å². The first-order valence-corrected chi connectivity index (χ1v) is 4.47. The number of aromatic amines is 1. The van der Waals surface area contributed by atoms with Crippen LogP contribution in [0.4, 0.5) is 0 Å². The van der Waals surface area contributed by atoms with Crippen molar-refractivity contribution >= 4 is 0 Å². The first kappa shape index (κ1) is 9.10. The topological polar surface area (TPSA) is 37.8 Å². The van der Waals surface area contributed by atoms with Crippen molar-refractivity contribution < 1.29 is 0 Å². The molecule has 0 aliphatic heterocycles. The summed E-state index contributed by atoms with van der Waals surface area (Å²) in [5.41, 5.74) is 2.17. The lowest BCUT2D eigenvalue weighted by Crippen LogP contribution is -2.14. The third-order valence-electron chi connectivity index (χ3n) is 2.08. The largest absolute Gasteiger partial charge is 0.300 e. The standard InChI is InChI=1S/C9H16N2O/c1-4-6-8-7(5-2)9(12)11(3)10-8/h10H,4-6H2,1-3H3. The van der Waals surface area contributed by atoms with Gasteiger partial charge in [-0.3, -0.25) is 14.6 Å². The molecule has 1 aromatic heterocycles. The fraction of sp³-hybridized carbons (Fsp3) is 0.667. The molecule has 1 N–H and O–H groups in total. The summed E-state index contributed by atoms with van der Waals surface area (Å²) < 4.78 is 1.56. The quantitative estimate of drug-likeness (QED) is 0.724. The molecule has 12 heavy (non-hydrogen) atoms. The van der Waals surface area contributed by atoms with Gasteiger partial charge in [0.25, 0.3) is 5.56 Å². The Morgan fingerprint density at radius 3 is 2.58 bits per heavy atom. The molecule has 0 aliphatic rings. The van der Waals surface area contributed by atoms with E-state index in [-0.39, 0.29) is 5.56 Å². The van der Waals surface area contributed by atoms with E-state index >= 15 is 0 Å². The van der Waals surface area contributed by atoms with Crippen LogP contribution in [0, 0.1) is 0 Å². The Balaban J connectivity index is 3.11. The Morgan fingerprint density at radius 1 is 1.42 bits per heavy atom. The van der Waals surface area contributed by atoms with Gasteiger partial charge in [0.2, 0.25) is 0 Å². The number of aryl methyl sites for hydroxylation is 2. The summed E-state index contributed by atoms with van der Waals surface area (Å²) >= 11 is 0. The van der Waals surface area contributed by atoms with E-state index in [1.54, 1.807) is 11.7 Å². The van der Waals surface area contributed by atoms with Gasteiger partial charge in [-0.2, -0.15) is 0 Å². The van der Waals surface area contributed by atoms with E-state index < -0.39 is 0 Å². The molecule has 0 bridgehead atoms. The third kappa shape index (κ3) is 1.44. The van der Waals surface area contributed by atoms with Crippen molar-refractivity contribution in [2.24, 2.45) is 7.05 Å². The average molecular weight is 168 g/mol. The molecule has 68 valence electrons. The number of H-pyrrole nitrogens is 1. The second-order valence-corrected chi connectivity index (χ2v) is 3.04. The van der Waals surface area contributed by atoms with Gasteiger partial charge in [0.15, 0.2) is 0 Å². The number of hydrogen-bond donors (Lipinski definition) is 1. The Kier molecular flexibility index (Phi) is 2.74. The highest BCUT2D eigenvalue weighted by molar-refractivity contribution is 5.17. The molecule has 0 saturated heterocycles. The van der Waals surface area contributed by atoms with Crippen LogP contribution in [0.15, 0.2) is 4.79 Å². The molecule has 0 unspecified atom stereocenters. The van der Waals surface area contributed by atoms with Crippen LogP contribution in [0.5, 0.6) is 0 Å². The van der Waals surface area contributed by atoms with E-state index in [4.69, 9.17) is 0 Å². The van der Waals surface area contributed by atoms with Crippen LogP contribution in [0.25, 0.3) is 0 Å². The van der Waals surface area contributed by atoms with E-state index in [1.807, 2.05) is 6.92 Å². The van der Waals surface area contributed by atoms with Crippen LogP contribution >= 0.6 is 0 Å². The summed E-state index contributed by atoms with van der Waals surface area (Å²) in [6, 6.07) is 0. The zero-order chi connectivity index (χ0) is 9.14. The summed E-state index contributed by atoms with van der Waals surface area (Å²) in [5.74, 6) is 0. The molecule has 0 fully saturated rings. The number of nitrogens with one attached hydrogen (secondary N) is 1. The lowest BCUT2D eigenvalue weighted by Gasteiger charge is -1.95. The van der Waals surface area contributed by atoms with Gasteiger partial charge in [0.1, 0.15) is 0 Å². The summed E-state index contributed by atoms with van der Waals surface area (Å²) in [7, 11) is 1.76. The molecule has 0 spiro atoms. The van der Waals surface area contributed by atoms with Gasteiger partial charge >= 0.3 is 0 Å². The number of aromatic nitrogens is 2. The average Bonchev–Trinajstić information content (AvgIpc) is 2.29. The lowest BCUT2D eigenvalue weighted by molar-refractivity contribution is 0.713. The van der Waals surface area contributed by atoms with E-state index in [1.165, 1.54) is 0 Å². The van der Waals surface area contributed by atoms with Gasteiger partial charge < -0.3 is 0 Å². The molecule has 0 aliphatic carbocycles. The van der Waals surface area contributed by atoms with E-state index in [0.29, 0.717) is 0 Å². The van der Waals surface area contributed by atoms with Gasteiger partial charge in [-0.05, 0) is 12.8 Å².